The molecule has 0 atom stereocenters. The number of fused-ring (bicyclic) bond motifs is 1. The second kappa shape index (κ2) is 5.11. The summed E-state index contributed by atoms with van der Waals surface area (Å²) in [6.45, 7) is 6.62. The van der Waals surface area contributed by atoms with Crippen LogP contribution in [0.15, 0.2) is 29.8 Å². The second-order valence-electron chi connectivity index (χ2n) is 4.95. The van der Waals surface area contributed by atoms with E-state index in [4.69, 9.17) is 0 Å². The minimum atomic E-state index is 0.200. The van der Waals surface area contributed by atoms with E-state index in [1.165, 1.54) is 15.3 Å². The summed E-state index contributed by atoms with van der Waals surface area (Å²) in [4.78, 5) is 15.0. The lowest BCUT2D eigenvalue weighted by Crippen LogP contribution is -2.38. The third-order valence-corrected chi connectivity index (χ3v) is 5.76. The number of hydrogen-bond acceptors (Lipinski definition) is 3. The van der Waals surface area contributed by atoms with Crippen molar-refractivity contribution in [3.05, 3.63) is 50.8 Å². The second-order valence-corrected chi connectivity index (χ2v) is 7.26. The van der Waals surface area contributed by atoms with E-state index in [0.29, 0.717) is 6.54 Å². The van der Waals surface area contributed by atoms with Crippen LogP contribution in [0.2, 0.25) is 0 Å². The van der Waals surface area contributed by atoms with Crippen LogP contribution < -0.4 is 4.57 Å². The Morgan fingerprint density at radius 1 is 1.15 bits per heavy atom. The van der Waals surface area contributed by atoms with Crippen LogP contribution in [0, 0.1) is 20.8 Å². The highest BCUT2D eigenvalue weighted by Gasteiger charge is 2.22. The van der Waals surface area contributed by atoms with E-state index in [-0.39, 0.29) is 5.78 Å². The highest BCUT2D eigenvalue weighted by atomic mass is 32.1. The van der Waals surface area contributed by atoms with Gasteiger partial charge in [0, 0.05) is 27.5 Å². The molecule has 0 unspecified atom stereocenters. The number of carbonyl (C=O) groups excluding carboxylic acids is 1. The molecule has 3 rings (SSSR count). The Balaban J connectivity index is 2.01. The maximum atomic E-state index is 12.7. The van der Waals surface area contributed by atoms with Gasteiger partial charge in [-0.3, -0.25) is 4.79 Å². The summed E-state index contributed by atoms with van der Waals surface area (Å²) >= 11 is 3.39. The number of nitrogens with zero attached hydrogens (tertiary/aromatic N) is 1. The van der Waals surface area contributed by atoms with E-state index in [2.05, 4.69) is 19.9 Å². The van der Waals surface area contributed by atoms with Gasteiger partial charge < -0.3 is 0 Å². The molecule has 2 aromatic heterocycles. The topological polar surface area (TPSA) is 20.9 Å². The third kappa shape index (κ3) is 2.19. The van der Waals surface area contributed by atoms with Crippen molar-refractivity contribution < 1.29 is 9.36 Å². The van der Waals surface area contributed by atoms with Crippen molar-refractivity contribution in [2.24, 2.45) is 0 Å². The van der Waals surface area contributed by atoms with Crippen molar-refractivity contribution >= 4 is 38.5 Å². The highest BCUT2D eigenvalue weighted by Crippen LogP contribution is 2.30. The van der Waals surface area contributed by atoms with Gasteiger partial charge in [-0.25, -0.2) is 0 Å². The number of thiazole rings is 1. The van der Waals surface area contributed by atoms with Gasteiger partial charge in [-0.2, -0.15) is 4.57 Å². The molecule has 0 saturated heterocycles. The highest BCUT2D eigenvalue weighted by molar-refractivity contribution is 7.19. The first-order valence-electron chi connectivity index (χ1n) is 6.53. The van der Waals surface area contributed by atoms with Gasteiger partial charge in [-0.05, 0) is 19.9 Å². The van der Waals surface area contributed by atoms with E-state index < -0.39 is 0 Å². The van der Waals surface area contributed by atoms with E-state index in [1.54, 1.807) is 22.7 Å². The summed E-state index contributed by atoms with van der Waals surface area (Å²) in [5.41, 5.74) is 4.11. The Morgan fingerprint density at radius 3 is 2.60 bits per heavy atom. The zero-order valence-electron chi connectivity index (χ0n) is 11.8. The quantitative estimate of drug-likeness (QED) is 0.528. The Kier molecular flexibility index (Phi) is 3.44. The lowest BCUT2D eigenvalue weighted by Gasteiger charge is -1.98. The standard InChI is InChI=1S/C16H16NOS2/c1-10-11(2)19-9-17(10)8-14(18)16-12(3)20-15-7-5-4-6-13(15)16/h4-7,9H,8H2,1-3H3/q+1. The van der Waals surface area contributed by atoms with E-state index in [1.807, 2.05) is 35.2 Å². The number of aryl methyl sites for hydroxylation is 2. The maximum Gasteiger partial charge on any atom is 0.229 e. The summed E-state index contributed by atoms with van der Waals surface area (Å²) in [5.74, 6) is 0.200. The zero-order valence-corrected chi connectivity index (χ0v) is 13.4. The molecule has 0 saturated carbocycles. The van der Waals surface area contributed by atoms with Gasteiger partial charge in [0.05, 0.1) is 4.88 Å². The van der Waals surface area contributed by atoms with Crippen LogP contribution in [-0.2, 0) is 6.54 Å². The van der Waals surface area contributed by atoms with Crippen LogP contribution in [0.25, 0.3) is 10.1 Å². The monoisotopic (exact) mass is 302 g/mol. The summed E-state index contributed by atoms with van der Waals surface area (Å²) in [6.07, 6.45) is 0. The third-order valence-electron chi connectivity index (χ3n) is 3.66. The average molecular weight is 302 g/mol. The summed E-state index contributed by atoms with van der Waals surface area (Å²) in [6, 6.07) is 8.14. The smallest absolute Gasteiger partial charge is 0.229 e. The Morgan fingerprint density at radius 2 is 1.90 bits per heavy atom. The molecule has 0 aliphatic rings. The molecule has 4 heteroatoms. The number of aromatic nitrogens is 1. The molecule has 102 valence electrons. The van der Waals surface area contributed by atoms with Gasteiger partial charge >= 0.3 is 0 Å². The fraction of sp³-hybridized carbons (Fsp3) is 0.250. The molecule has 0 N–H and O–H groups in total. The summed E-state index contributed by atoms with van der Waals surface area (Å²) in [7, 11) is 0. The SMILES string of the molecule is Cc1sc2ccccc2c1C(=O)C[n+]1csc(C)c1C. The number of benzene rings is 1. The molecule has 0 aliphatic carbocycles. The van der Waals surface area contributed by atoms with Crippen LogP contribution in [0.4, 0.5) is 0 Å². The van der Waals surface area contributed by atoms with Crippen LogP contribution in [-0.4, -0.2) is 5.78 Å². The largest absolute Gasteiger partial charge is 0.287 e. The fourth-order valence-electron chi connectivity index (χ4n) is 2.41. The Hall–Kier alpha value is -1.52. The molecular weight excluding hydrogens is 286 g/mol. The predicted octanol–water partition coefficient (Wildman–Crippen LogP) is 4.06. The molecule has 0 aliphatic heterocycles. The van der Waals surface area contributed by atoms with Crippen LogP contribution in [0.1, 0.15) is 25.8 Å². The van der Waals surface area contributed by atoms with Crippen molar-refractivity contribution in [2.75, 3.05) is 0 Å². The molecule has 0 fully saturated rings. The van der Waals surface area contributed by atoms with E-state index in [9.17, 15) is 4.79 Å². The first-order valence-corrected chi connectivity index (χ1v) is 8.23. The maximum absolute atomic E-state index is 12.7. The van der Waals surface area contributed by atoms with Gasteiger partial charge in [0.2, 0.25) is 17.8 Å². The van der Waals surface area contributed by atoms with Crippen LogP contribution in [0.3, 0.4) is 0 Å². The molecule has 0 amide bonds. The minimum absolute atomic E-state index is 0.200. The summed E-state index contributed by atoms with van der Waals surface area (Å²) < 4.78 is 3.24. The number of hydrogen-bond donors (Lipinski definition) is 0. The molecule has 0 radical (unpaired) electrons. The zero-order chi connectivity index (χ0) is 14.3. The predicted molar refractivity (Wildman–Crippen MR) is 84.9 cm³/mol. The fourth-order valence-corrected chi connectivity index (χ4v) is 4.30. The van der Waals surface area contributed by atoms with Gasteiger partial charge in [0.25, 0.3) is 0 Å². The number of thiophene rings is 1. The number of Topliss-reactive ketones (excluding diaryl/α,β-unsaturated/α-hetero) is 1. The molecule has 0 spiro atoms. The van der Waals surface area contributed by atoms with Crippen LogP contribution >= 0.6 is 22.7 Å². The first-order chi connectivity index (χ1) is 9.58. The van der Waals surface area contributed by atoms with E-state index in [0.717, 1.165) is 15.8 Å². The lowest BCUT2D eigenvalue weighted by atomic mass is 10.1. The molecule has 2 heterocycles. The number of rotatable bonds is 3. The lowest BCUT2D eigenvalue weighted by molar-refractivity contribution is -0.684. The average Bonchev–Trinajstić information content (AvgIpc) is 2.92. The van der Waals surface area contributed by atoms with E-state index >= 15 is 0 Å². The van der Waals surface area contributed by atoms with Crippen molar-refractivity contribution in [3.63, 3.8) is 0 Å². The van der Waals surface area contributed by atoms with Gasteiger partial charge in [0.1, 0.15) is 0 Å². The van der Waals surface area contributed by atoms with Crippen molar-refractivity contribution in [1.29, 1.82) is 0 Å². The molecule has 20 heavy (non-hydrogen) atoms. The molecule has 2 nitrogen and oxygen atoms in total. The van der Waals surface area contributed by atoms with Gasteiger partial charge in [0.15, 0.2) is 5.69 Å². The molecule has 1 aromatic carbocycles. The molecular formula is C16H16NOS2+. The Bertz CT molecular complexity index is 798. The first kappa shape index (κ1) is 13.5. The Labute approximate surface area is 126 Å². The normalized spacial score (nSPS) is 11.2. The molecule has 3 aromatic rings. The minimum Gasteiger partial charge on any atom is -0.287 e. The number of ketones is 1. The van der Waals surface area contributed by atoms with Crippen molar-refractivity contribution in [3.8, 4) is 0 Å². The van der Waals surface area contributed by atoms with Gasteiger partial charge in [-0.15, -0.1) is 11.3 Å². The summed E-state index contributed by atoms with van der Waals surface area (Å²) in [5, 5.41) is 1.09. The molecule has 0 bridgehead atoms. The van der Waals surface area contributed by atoms with Crippen molar-refractivity contribution in [1.82, 2.24) is 0 Å². The van der Waals surface area contributed by atoms with Crippen molar-refractivity contribution in [2.45, 2.75) is 27.3 Å². The van der Waals surface area contributed by atoms with Crippen LogP contribution in [0.5, 0.6) is 0 Å². The van der Waals surface area contributed by atoms with Gasteiger partial charge in [-0.1, -0.05) is 29.5 Å². The number of carbonyl (C=O) groups is 1.